The summed E-state index contributed by atoms with van der Waals surface area (Å²) in [6.07, 6.45) is 13.5. The fourth-order valence-corrected chi connectivity index (χ4v) is 3.88. The first kappa shape index (κ1) is 28.5. The molecule has 1 amide bonds. The Kier molecular flexibility index (Phi) is 11.1. The van der Waals surface area contributed by atoms with Gasteiger partial charge >= 0.3 is 5.97 Å². The van der Waals surface area contributed by atoms with Crippen LogP contribution in [0.25, 0.3) is 0 Å². The number of fused-ring (bicyclic) bond motifs is 1. The molecule has 1 aliphatic rings. The van der Waals surface area contributed by atoms with Crippen LogP contribution in [0.15, 0.2) is 70.7 Å². The average molecular weight is 495 g/mol. The SMILES string of the molecule is C\C=C/C=C(CCC)/C(=C\CCC)C1=C(/C(=C\C)C(=O)NC)Nc2c(OC)cc(C(=O)OC)cc2O1. The quantitative estimate of drug-likeness (QED) is 0.216. The molecule has 0 aromatic heterocycles. The predicted molar refractivity (Wildman–Crippen MR) is 144 cm³/mol. The van der Waals surface area contributed by atoms with Crippen molar-refractivity contribution >= 4 is 17.6 Å². The second-order valence-electron chi connectivity index (χ2n) is 8.13. The lowest BCUT2D eigenvalue weighted by molar-refractivity contribution is -0.116. The van der Waals surface area contributed by atoms with Crippen LogP contribution in [0, 0.1) is 0 Å². The second-order valence-corrected chi connectivity index (χ2v) is 8.13. The topological polar surface area (TPSA) is 85.9 Å². The zero-order chi connectivity index (χ0) is 26.7. The van der Waals surface area contributed by atoms with Gasteiger partial charge in [0.1, 0.15) is 11.4 Å². The molecule has 0 spiro atoms. The standard InChI is InChI=1S/C29H38N2O5/c1-8-12-15-19(14-10-3)22(16-13-9-2)27-25(21(11-4)28(32)30-5)31-26-23(34-6)17-20(29(33)35-7)18-24(26)36-27/h8,11-12,15-18,31H,9-10,13-14H2,1-7H3,(H,30,32)/b12-8-,19-15+,21-11+,22-16+. The molecule has 1 heterocycles. The van der Waals surface area contributed by atoms with Crippen LogP contribution in [0.2, 0.25) is 0 Å². The number of unbranched alkanes of at least 4 members (excludes halogenated alkanes) is 1. The summed E-state index contributed by atoms with van der Waals surface area (Å²) in [7, 11) is 4.43. The first-order chi connectivity index (χ1) is 17.4. The number of amides is 1. The van der Waals surface area contributed by atoms with Gasteiger partial charge in [-0.3, -0.25) is 4.79 Å². The van der Waals surface area contributed by atoms with Crippen LogP contribution < -0.4 is 20.1 Å². The van der Waals surface area contributed by atoms with E-state index in [0.717, 1.165) is 36.8 Å². The molecule has 1 aromatic rings. The first-order valence-corrected chi connectivity index (χ1v) is 12.3. The minimum Gasteiger partial charge on any atom is -0.494 e. The molecule has 0 saturated heterocycles. The summed E-state index contributed by atoms with van der Waals surface area (Å²) in [5.41, 5.74) is 3.77. The molecule has 7 heteroatoms. The average Bonchev–Trinajstić information content (AvgIpc) is 2.90. The lowest BCUT2D eigenvalue weighted by Crippen LogP contribution is -2.27. The summed E-state index contributed by atoms with van der Waals surface area (Å²) in [5, 5.41) is 6.10. The van der Waals surface area contributed by atoms with Crippen molar-refractivity contribution in [1.29, 1.82) is 0 Å². The van der Waals surface area contributed by atoms with E-state index < -0.39 is 5.97 Å². The van der Waals surface area contributed by atoms with Crippen molar-refractivity contribution in [3.8, 4) is 11.5 Å². The van der Waals surface area contributed by atoms with Gasteiger partial charge in [0.25, 0.3) is 5.91 Å². The van der Waals surface area contributed by atoms with Gasteiger partial charge in [0.15, 0.2) is 11.5 Å². The molecular weight excluding hydrogens is 456 g/mol. The van der Waals surface area contributed by atoms with Gasteiger partial charge in [-0.1, -0.05) is 57.1 Å². The lowest BCUT2D eigenvalue weighted by Gasteiger charge is -2.29. The molecule has 0 fully saturated rings. The Bertz CT molecular complexity index is 1120. The molecule has 1 aromatic carbocycles. The van der Waals surface area contributed by atoms with Gasteiger partial charge in [0.2, 0.25) is 0 Å². The smallest absolute Gasteiger partial charge is 0.338 e. The molecule has 0 bridgehead atoms. The summed E-state index contributed by atoms with van der Waals surface area (Å²) < 4.78 is 17.0. The number of hydrogen-bond acceptors (Lipinski definition) is 6. The number of nitrogens with one attached hydrogen (secondary N) is 2. The lowest BCUT2D eigenvalue weighted by atomic mass is 9.93. The third kappa shape index (κ3) is 6.47. The van der Waals surface area contributed by atoms with Crippen molar-refractivity contribution in [2.45, 2.75) is 53.4 Å². The number of ether oxygens (including phenoxy) is 3. The van der Waals surface area contributed by atoms with Gasteiger partial charge in [-0.2, -0.15) is 0 Å². The summed E-state index contributed by atoms with van der Waals surface area (Å²) in [6.45, 7) is 8.02. The molecule has 7 nitrogen and oxygen atoms in total. The largest absolute Gasteiger partial charge is 0.494 e. The molecule has 0 radical (unpaired) electrons. The normalized spacial score (nSPS) is 14.2. The van der Waals surface area contributed by atoms with Crippen LogP contribution in [0.3, 0.4) is 0 Å². The van der Waals surface area contributed by atoms with Crippen molar-refractivity contribution in [1.82, 2.24) is 5.32 Å². The molecular formula is C29H38N2O5. The van der Waals surface area contributed by atoms with Gasteiger partial charge < -0.3 is 24.8 Å². The molecule has 1 aliphatic heterocycles. The van der Waals surface area contributed by atoms with Crippen molar-refractivity contribution in [2.75, 3.05) is 26.6 Å². The number of carbonyl (C=O) groups is 2. The highest BCUT2D eigenvalue weighted by Crippen LogP contribution is 2.45. The third-order valence-corrected chi connectivity index (χ3v) is 5.66. The highest BCUT2D eigenvalue weighted by molar-refractivity contribution is 6.00. The molecule has 0 unspecified atom stereocenters. The number of carbonyl (C=O) groups excluding carboxylic acids is 2. The van der Waals surface area contributed by atoms with Crippen molar-refractivity contribution < 1.29 is 23.8 Å². The van der Waals surface area contributed by atoms with E-state index in [0.29, 0.717) is 39.8 Å². The predicted octanol–water partition coefficient (Wildman–Crippen LogP) is 6.22. The number of allylic oxidation sites excluding steroid dienone is 6. The fraction of sp³-hybridized carbons (Fsp3) is 0.379. The molecule has 2 N–H and O–H groups in total. The number of methoxy groups -OCH3 is 2. The van der Waals surface area contributed by atoms with Gasteiger partial charge in [0, 0.05) is 12.6 Å². The van der Waals surface area contributed by atoms with Crippen LogP contribution >= 0.6 is 0 Å². The Hall–Kier alpha value is -3.74. The van der Waals surface area contributed by atoms with E-state index in [4.69, 9.17) is 14.2 Å². The molecule has 194 valence electrons. The van der Waals surface area contributed by atoms with Crippen LogP contribution in [-0.2, 0) is 9.53 Å². The molecule has 0 atom stereocenters. The Morgan fingerprint density at radius 1 is 1.11 bits per heavy atom. The van der Waals surface area contributed by atoms with Crippen LogP contribution in [0.1, 0.15) is 63.7 Å². The first-order valence-electron chi connectivity index (χ1n) is 12.3. The summed E-state index contributed by atoms with van der Waals surface area (Å²) in [4.78, 5) is 25.2. The maximum Gasteiger partial charge on any atom is 0.338 e. The van der Waals surface area contributed by atoms with Gasteiger partial charge in [-0.25, -0.2) is 4.79 Å². The number of benzene rings is 1. The van der Waals surface area contributed by atoms with Gasteiger partial charge in [0.05, 0.1) is 31.1 Å². The summed E-state index contributed by atoms with van der Waals surface area (Å²) >= 11 is 0. The fourth-order valence-electron chi connectivity index (χ4n) is 3.88. The monoisotopic (exact) mass is 494 g/mol. The zero-order valence-corrected chi connectivity index (χ0v) is 22.4. The van der Waals surface area contributed by atoms with Crippen molar-refractivity contribution in [2.24, 2.45) is 0 Å². The maximum absolute atomic E-state index is 12.9. The van der Waals surface area contributed by atoms with E-state index in [9.17, 15) is 9.59 Å². The highest BCUT2D eigenvalue weighted by atomic mass is 16.5. The minimum absolute atomic E-state index is 0.251. The molecule has 0 aliphatic carbocycles. The Morgan fingerprint density at radius 3 is 2.42 bits per heavy atom. The van der Waals surface area contributed by atoms with Crippen LogP contribution in [0.4, 0.5) is 5.69 Å². The molecule has 36 heavy (non-hydrogen) atoms. The van der Waals surface area contributed by atoms with Crippen LogP contribution in [0.5, 0.6) is 11.5 Å². The maximum atomic E-state index is 12.9. The Morgan fingerprint density at radius 2 is 1.86 bits per heavy atom. The van der Waals surface area contributed by atoms with E-state index in [-0.39, 0.29) is 5.91 Å². The third-order valence-electron chi connectivity index (χ3n) is 5.66. The van der Waals surface area contributed by atoms with Gasteiger partial charge in [-0.15, -0.1) is 0 Å². The van der Waals surface area contributed by atoms with E-state index in [2.05, 4.69) is 36.6 Å². The highest BCUT2D eigenvalue weighted by Gasteiger charge is 2.31. The van der Waals surface area contributed by atoms with Crippen LogP contribution in [-0.4, -0.2) is 33.1 Å². The Labute approximate surface area is 214 Å². The van der Waals surface area contributed by atoms with Crippen molar-refractivity contribution in [3.63, 3.8) is 0 Å². The number of anilines is 1. The van der Waals surface area contributed by atoms with Crippen molar-refractivity contribution in [3.05, 3.63) is 76.3 Å². The van der Waals surface area contributed by atoms with E-state index in [1.165, 1.54) is 14.2 Å². The van der Waals surface area contributed by atoms with E-state index in [1.807, 2.05) is 26.0 Å². The zero-order valence-electron chi connectivity index (χ0n) is 22.4. The minimum atomic E-state index is -0.503. The Balaban J connectivity index is 2.89. The number of likely N-dealkylation sites (N-methyl/N-ethyl adjacent to an activating group) is 1. The summed E-state index contributed by atoms with van der Waals surface area (Å²) in [5.74, 6) is 0.566. The second kappa shape index (κ2) is 14.0. The van der Waals surface area contributed by atoms with E-state index >= 15 is 0 Å². The van der Waals surface area contributed by atoms with E-state index in [1.54, 1.807) is 25.3 Å². The number of esters is 1. The summed E-state index contributed by atoms with van der Waals surface area (Å²) in [6, 6.07) is 3.20. The van der Waals surface area contributed by atoms with Gasteiger partial charge in [-0.05, 0) is 44.4 Å². The number of hydrogen-bond donors (Lipinski definition) is 2. The molecule has 0 saturated carbocycles. The molecule has 2 rings (SSSR count). The number of rotatable bonds is 11.